The van der Waals surface area contributed by atoms with Crippen LogP contribution in [0, 0.1) is 5.92 Å². The first-order valence-corrected chi connectivity index (χ1v) is 7.97. The van der Waals surface area contributed by atoms with Crippen molar-refractivity contribution in [2.75, 3.05) is 25.4 Å². The van der Waals surface area contributed by atoms with Crippen LogP contribution in [0.1, 0.15) is 32.6 Å². The van der Waals surface area contributed by atoms with Crippen LogP contribution in [0.4, 0.5) is 0 Å². The number of fused-ring (bicyclic) bond motifs is 1. The van der Waals surface area contributed by atoms with Gasteiger partial charge < -0.3 is 10.2 Å². The molecule has 3 rings (SSSR count). The molecule has 3 aliphatic rings. The van der Waals surface area contributed by atoms with E-state index in [9.17, 15) is 0 Å². The van der Waals surface area contributed by atoms with Crippen LogP contribution < -0.4 is 5.32 Å². The Morgan fingerprint density at radius 3 is 3.12 bits per heavy atom. The Kier molecular flexibility index (Phi) is 3.61. The third-order valence-corrected chi connectivity index (χ3v) is 5.46. The second-order valence-corrected chi connectivity index (χ2v) is 6.77. The highest BCUT2D eigenvalue weighted by Crippen LogP contribution is 2.27. The fraction of sp³-hybridized carbons (Fsp3) is 0.923. The average Bonchev–Trinajstić information content (AvgIpc) is 2.79. The molecule has 0 spiro atoms. The zero-order valence-electron chi connectivity index (χ0n) is 10.7. The zero-order chi connectivity index (χ0) is 11.7. The Hall–Kier alpha value is -0.220. The van der Waals surface area contributed by atoms with Crippen LogP contribution in [-0.2, 0) is 0 Å². The molecule has 2 fully saturated rings. The highest BCUT2D eigenvalue weighted by molar-refractivity contribution is 8.13. The van der Waals surface area contributed by atoms with Gasteiger partial charge in [0.15, 0.2) is 5.17 Å². The second kappa shape index (κ2) is 5.19. The minimum Gasteiger partial charge on any atom is -0.362 e. The van der Waals surface area contributed by atoms with Crippen molar-refractivity contribution in [1.82, 2.24) is 10.2 Å². The monoisotopic (exact) mass is 253 g/mol. The summed E-state index contributed by atoms with van der Waals surface area (Å²) in [5.41, 5.74) is 0. The molecule has 3 aliphatic heterocycles. The Bertz CT molecular complexity index is 305. The number of thioether (sulfide) groups is 1. The summed E-state index contributed by atoms with van der Waals surface area (Å²) in [6.07, 6.45) is 5.44. The van der Waals surface area contributed by atoms with Crippen molar-refractivity contribution in [2.24, 2.45) is 10.9 Å². The Morgan fingerprint density at radius 1 is 1.35 bits per heavy atom. The van der Waals surface area contributed by atoms with Crippen LogP contribution in [0.25, 0.3) is 0 Å². The third-order valence-electron chi connectivity index (χ3n) is 4.20. The third kappa shape index (κ3) is 2.79. The number of hydrogen-bond donors (Lipinski definition) is 1. The second-order valence-electron chi connectivity index (χ2n) is 5.76. The van der Waals surface area contributed by atoms with Crippen molar-refractivity contribution in [2.45, 2.75) is 44.7 Å². The molecule has 2 saturated heterocycles. The van der Waals surface area contributed by atoms with Crippen molar-refractivity contribution in [3.05, 3.63) is 0 Å². The van der Waals surface area contributed by atoms with E-state index in [0.29, 0.717) is 6.04 Å². The van der Waals surface area contributed by atoms with Gasteiger partial charge in [0.05, 0.1) is 0 Å². The van der Waals surface area contributed by atoms with Gasteiger partial charge in [0, 0.05) is 30.9 Å². The Balaban J connectivity index is 1.52. The van der Waals surface area contributed by atoms with Crippen LogP contribution in [0.15, 0.2) is 4.99 Å². The average molecular weight is 253 g/mol. The van der Waals surface area contributed by atoms with Gasteiger partial charge in [-0.05, 0) is 38.1 Å². The van der Waals surface area contributed by atoms with E-state index in [1.165, 1.54) is 49.7 Å². The molecule has 1 N–H and O–H groups in total. The van der Waals surface area contributed by atoms with Gasteiger partial charge in [0.2, 0.25) is 0 Å². The van der Waals surface area contributed by atoms with Gasteiger partial charge in [0.25, 0.3) is 0 Å². The number of rotatable bonds is 1. The number of amidine groups is 1. The molecule has 3 heterocycles. The quantitative estimate of drug-likeness (QED) is 0.774. The molecular weight excluding hydrogens is 230 g/mol. The molecule has 3 nitrogen and oxygen atoms in total. The van der Waals surface area contributed by atoms with Gasteiger partial charge in [-0.2, -0.15) is 0 Å². The maximum atomic E-state index is 4.64. The SMILES string of the molecule is CC1CN=C(NC2CCN3CCCC3C2)SC1. The normalized spacial score (nSPS) is 38.6. The summed E-state index contributed by atoms with van der Waals surface area (Å²) >= 11 is 1.92. The van der Waals surface area contributed by atoms with Crippen molar-refractivity contribution in [3.8, 4) is 0 Å². The van der Waals surface area contributed by atoms with Crippen molar-refractivity contribution >= 4 is 16.9 Å². The first kappa shape index (κ1) is 11.8. The first-order chi connectivity index (χ1) is 8.31. The van der Waals surface area contributed by atoms with Gasteiger partial charge in [-0.25, -0.2) is 0 Å². The van der Waals surface area contributed by atoms with E-state index in [1.807, 2.05) is 11.8 Å². The molecule has 0 aromatic rings. The topological polar surface area (TPSA) is 27.6 Å². The standard InChI is InChI=1S/C13H23N3S/c1-10-8-14-13(17-9-10)15-11-4-6-16-5-2-3-12(16)7-11/h10-12H,2-9H2,1H3,(H,14,15). The van der Waals surface area contributed by atoms with Gasteiger partial charge in [-0.3, -0.25) is 4.99 Å². The lowest BCUT2D eigenvalue weighted by atomic mass is 9.98. The summed E-state index contributed by atoms with van der Waals surface area (Å²) in [4.78, 5) is 7.32. The summed E-state index contributed by atoms with van der Waals surface area (Å²) < 4.78 is 0. The van der Waals surface area contributed by atoms with Gasteiger partial charge in [-0.15, -0.1) is 0 Å². The lowest BCUT2D eigenvalue weighted by Crippen LogP contribution is -2.47. The van der Waals surface area contributed by atoms with E-state index in [-0.39, 0.29) is 0 Å². The van der Waals surface area contributed by atoms with Crippen LogP contribution in [0.5, 0.6) is 0 Å². The predicted octanol–water partition coefficient (Wildman–Crippen LogP) is 1.94. The highest BCUT2D eigenvalue weighted by Gasteiger charge is 2.32. The largest absolute Gasteiger partial charge is 0.362 e. The lowest BCUT2D eigenvalue weighted by molar-refractivity contribution is 0.175. The summed E-state index contributed by atoms with van der Waals surface area (Å²) in [6, 6.07) is 1.53. The molecule has 0 radical (unpaired) electrons. The van der Waals surface area contributed by atoms with Gasteiger partial charge >= 0.3 is 0 Å². The van der Waals surface area contributed by atoms with E-state index in [1.54, 1.807) is 0 Å². The van der Waals surface area contributed by atoms with Gasteiger partial charge in [-0.1, -0.05) is 18.7 Å². The van der Waals surface area contributed by atoms with E-state index < -0.39 is 0 Å². The maximum absolute atomic E-state index is 4.64. The molecule has 4 heteroatoms. The number of hydrogen-bond acceptors (Lipinski definition) is 4. The molecule has 3 unspecified atom stereocenters. The fourth-order valence-corrected chi connectivity index (χ4v) is 4.14. The van der Waals surface area contributed by atoms with E-state index in [2.05, 4.69) is 22.1 Å². The van der Waals surface area contributed by atoms with Gasteiger partial charge in [0.1, 0.15) is 0 Å². The van der Waals surface area contributed by atoms with Crippen molar-refractivity contribution in [3.63, 3.8) is 0 Å². The highest BCUT2D eigenvalue weighted by atomic mass is 32.2. The molecule has 0 aromatic heterocycles. The molecule has 0 saturated carbocycles. The van der Waals surface area contributed by atoms with E-state index >= 15 is 0 Å². The maximum Gasteiger partial charge on any atom is 0.156 e. The number of nitrogens with zero attached hydrogens (tertiary/aromatic N) is 2. The van der Waals surface area contributed by atoms with Crippen LogP contribution in [0.3, 0.4) is 0 Å². The number of aliphatic imine (C=N–C) groups is 1. The molecule has 0 bridgehead atoms. The molecule has 0 aliphatic carbocycles. The molecule has 96 valence electrons. The summed E-state index contributed by atoms with van der Waals surface area (Å²) in [7, 11) is 0. The minimum absolute atomic E-state index is 0.675. The lowest BCUT2D eigenvalue weighted by Gasteiger charge is -2.36. The summed E-state index contributed by atoms with van der Waals surface area (Å²) in [6.45, 7) is 5.92. The zero-order valence-corrected chi connectivity index (χ0v) is 11.5. The van der Waals surface area contributed by atoms with Crippen molar-refractivity contribution < 1.29 is 0 Å². The summed E-state index contributed by atoms with van der Waals surface area (Å²) in [5, 5.41) is 4.89. The van der Waals surface area contributed by atoms with Crippen LogP contribution >= 0.6 is 11.8 Å². The fourth-order valence-electron chi connectivity index (χ4n) is 3.18. The molecule has 0 amide bonds. The molecule has 17 heavy (non-hydrogen) atoms. The van der Waals surface area contributed by atoms with E-state index in [0.717, 1.165) is 18.5 Å². The number of nitrogens with one attached hydrogen (secondary N) is 1. The van der Waals surface area contributed by atoms with Crippen LogP contribution in [-0.4, -0.2) is 47.5 Å². The number of piperidine rings is 1. The Morgan fingerprint density at radius 2 is 2.29 bits per heavy atom. The molecule has 3 atom stereocenters. The molecular formula is C13H23N3S. The van der Waals surface area contributed by atoms with Crippen LogP contribution in [0.2, 0.25) is 0 Å². The predicted molar refractivity (Wildman–Crippen MR) is 74.7 cm³/mol. The summed E-state index contributed by atoms with van der Waals surface area (Å²) in [5.74, 6) is 1.98. The minimum atomic E-state index is 0.675. The van der Waals surface area contributed by atoms with E-state index in [4.69, 9.17) is 0 Å². The van der Waals surface area contributed by atoms with Crippen molar-refractivity contribution in [1.29, 1.82) is 0 Å². The Labute approximate surface area is 108 Å². The molecule has 0 aromatic carbocycles. The smallest absolute Gasteiger partial charge is 0.156 e. The first-order valence-electron chi connectivity index (χ1n) is 6.99.